The average molecular weight is 423 g/mol. The number of imidazole rings is 1. The normalized spacial score (nSPS) is 11.0. The summed E-state index contributed by atoms with van der Waals surface area (Å²) in [6.07, 6.45) is 0. The molecule has 4 nitrogen and oxygen atoms in total. The van der Waals surface area contributed by atoms with Crippen LogP contribution in [0, 0.1) is 6.92 Å². The van der Waals surface area contributed by atoms with Gasteiger partial charge in [0, 0.05) is 10.7 Å². The molecule has 4 rings (SSSR count). The van der Waals surface area contributed by atoms with Gasteiger partial charge < -0.3 is 5.32 Å². The van der Waals surface area contributed by atoms with Crippen LogP contribution in [-0.4, -0.2) is 16.6 Å². The number of para-hydroxylation sites is 2. The Morgan fingerprint density at radius 3 is 2.62 bits per heavy atom. The monoisotopic (exact) mass is 422 g/mol. The molecular weight excluding hydrogens is 402 g/mol. The van der Waals surface area contributed by atoms with E-state index in [1.165, 1.54) is 17.3 Å². The van der Waals surface area contributed by atoms with Gasteiger partial charge in [-0.15, -0.1) is 0 Å². The Morgan fingerprint density at radius 1 is 1.03 bits per heavy atom. The number of halogens is 1. The minimum Gasteiger partial charge on any atom is -0.325 e. The highest BCUT2D eigenvalue weighted by Crippen LogP contribution is 2.24. The van der Waals surface area contributed by atoms with Crippen LogP contribution in [0.15, 0.2) is 78.0 Å². The highest BCUT2D eigenvalue weighted by atomic mass is 35.5. The number of aromatic amines is 1. The first-order chi connectivity index (χ1) is 14.1. The summed E-state index contributed by atoms with van der Waals surface area (Å²) in [7, 11) is 0. The maximum absolute atomic E-state index is 12.5. The van der Waals surface area contributed by atoms with Gasteiger partial charge in [-0.3, -0.25) is 4.79 Å². The fraction of sp³-hybridized carbons (Fsp3) is 0.130. The SMILES string of the molecule is Cc1c(Cl)cccc1NC(=O)CSc1[nH]c2ccccc2[n+]1Cc1ccccc1. The molecule has 6 heteroatoms. The number of benzene rings is 3. The van der Waals surface area contributed by atoms with Gasteiger partial charge in [-0.1, -0.05) is 60.1 Å². The summed E-state index contributed by atoms with van der Waals surface area (Å²) in [5, 5.41) is 4.55. The summed E-state index contributed by atoms with van der Waals surface area (Å²) in [4.78, 5) is 16.0. The number of fused-ring (bicyclic) bond motifs is 1. The predicted octanol–water partition coefficient (Wildman–Crippen LogP) is 5.20. The zero-order valence-electron chi connectivity index (χ0n) is 16.0. The minimum absolute atomic E-state index is 0.0646. The Kier molecular flexibility index (Phi) is 5.88. The Hall–Kier alpha value is -2.76. The van der Waals surface area contributed by atoms with Crippen molar-refractivity contribution in [1.29, 1.82) is 0 Å². The van der Waals surface area contributed by atoms with Crippen LogP contribution in [-0.2, 0) is 11.3 Å². The van der Waals surface area contributed by atoms with Crippen LogP contribution < -0.4 is 9.88 Å². The number of nitrogens with zero attached hydrogens (tertiary/aromatic N) is 1. The van der Waals surface area contributed by atoms with Crippen molar-refractivity contribution in [1.82, 2.24) is 4.98 Å². The summed E-state index contributed by atoms with van der Waals surface area (Å²) in [5.74, 6) is 0.235. The number of carbonyl (C=O) groups is 1. The number of amides is 1. The molecule has 0 spiro atoms. The van der Waals surface area contributed by atoms with Crippen molar-refractivity contribution in [3.05, 3.63) is 88.9 Å². The molecule has 0 saturated heterocycles. The van der Waals surface area contributed by atoms with Gasteiger partial charge in [0.1, 0.15) is 6.54 Å². The molecule has 1 heterocycles. The molecule has 0 fully saturated rings. The third kappa shape index (κ3) is 4.47. The van der Waals surface area contributed by atoms with Crippen molar-refractivity contribution in [2.75, 3.05) is 11.1 Å². The largest absolute Gasteiger partial charge is 0.325 e. The highest BCUT2D eigenvalue weighted by molar-refractivity contribution is 7.99. The maximum Gasteiger partial charge on any atom is 0.317 e. The molecule has 0 aliphatic carbocycles. The first-order valence-corrected chi connectivity index (χ1v) is 10.7. The molecular formula is C23H21ClN3OS+. The Balaban J connectivity index is 1.53. The fourth-order valence-corrected chi connectivity index (χ4v) is 4.22. The van der Waals surface area contributed by atoms with Crippen LogP contribution >= 0.6 is 23.4 Å². The predicted molar refractivity (Wildman–Crippen MR) is 120 cm³/mol. The number of nitrogens with one attached hydrogen (secondary N) is 2. The summed E-state index contributed by atoms with van der Waals surface area (Å²) in [6.45, 7) is 2.64. The zero-order chi connectivity index (χ0) is 20.2. The van der Waals surface area contributed by atoms with Crippen molar-refractivity contribution in [3.63, 3.8) is 0 Å². The molecule has 0 atom stereocenters. The molecule has 0 unspecified atom stereocenters. The van der Waals surface area contributed by atoms with Crippen molar-refractivity contribution < 1.29 is 9.36 Å². The summed E-state index contributed by atoms with van der Waals surface area (Å²) in [6, 6.07) is 24.0. The van der Waals surface area contributed by atoms with Gasteiger partial charge in [0.25, 0.3) is 0 Å². The van der Waals surface area contributed by atoms with Gasteiger partial charge in [0.05, 0.1) is 5.75 Å². The molecule has 1 amide bonds. The number of H-pyrrole nitrogens is 1. The van der Waals surface area contributed by atoms with E-state index in [0.717, 1.165) is 34.0 Å². The molecule has 0 aliphatic heterocycles. The molecule has 0 radical (unpaired) electrons. The molecule has 0 bridgehead atoms. The van der Waals surface area contributed by atoms with E-state index in [1.54, 1.807) is 0 Å². The van der Waals surface area contributed by atoms with Crippen LogP contribution in [0.5, 0.6) is 0 Å². The van der Waals surface area contributed by atoms with E-state index in [0.29, 0.717) is 10.8 Å². The quantitative estimate of drug-likeness (QED) is 0.331. The number of carbonyl (C=O) groups excluding carboxylic acids is 1. The Morgan fingerprint density at radius 2 is 1.79 bits per heavy atom. The van der Waals surface area contributed by atoms with Gasteiger partial charge in [0.2, 0.25) is 5.91 Å². The van der Waals surface area contributed by atoms with Crippen LogP contribution in [0.2, 0.25) is 5.02 Å². The van der Waals surface area contributed by atoms with Crippen molar-refractivity contribution >= 4 is 46.0 Å². The van der Waals surface area contributed by atoms with E-state index < -0.39 is 0 Å². The first-order valence-electron chi connectivity index (χ1n) is 9.34. The van der Waals surface area contributed by atoms with E-state index in [-0.39, 0.29) is 5.91 Å². The second-order valence-electron chi connectivity index (χ2n) is 6.77. The molecule has 0 aliphatic rings. The zero-order valence-corrected chi connectivity index (χ0v) is 17.6. The lowest BCUT2D eigenvalue weighted by Gasteiger charge is -2.08. The highest BCUT2D eigenvalue weighted by Gasteiger charge is 2.20. The van der Waals surface area contributed by atoms with Crippen LogP contribution in [0.1, 0.15) is 11.1 Å². The Bertz CT molecular complexity index is 1160. The number of rotatable bonds is 6. The molecule has 146 valence electrons. The van der Waals surface area contributed by atoms with E-state index >= 15 is 0 Å². The second-order valence-corrected chi connectivity index (χ2v) is 8.14. The van der Waals surface area contributed by atoms with E-state index in [4.69, 9.17) is 11.6 Å². The minimum atomic E-state index is -0.0646. The molecule has 1 aromatic heterocycles. The maximum atomic E-state index is 12.5. The van der Waals surface area contributed by atoms with Gasteiger partial charge in [-0.2, -0.15) is 0 Å². The molecule has 4 aromatic rings. The number of hydrogen-bond donors (Lipinski definition) is 2. The van der Waals surface area contributed by atoms with E-state index in [1.807, 2.05) is 55.5 Å². The van der Waals surface area contributed by atoms with Gasteiger partial charge in [-0.25, -0.2) is 9.55 Å². The fourth-order valence-electron chi connectivity index (χ4n) is 3.21. The van der Waals surface area contributed by atoms with Crippen molar-refractivity contribution in [2.24, 2.45) is 0 Å². The third-order valence-corrected chi connectivity index (χ3v) is 6.16. The van der Waals surface area contributed by atoms with Crippen molar-refractivity contribution in [3.8, 4) is 0 Å². The summed E-state index contributed by atoms with van der Waals surface area (Å²) >= 11 is 7.64. The molecule has 3 aromatic carbocycles. The van der Waals surface area contributed by atoms with Crippen molar-refractivity contribution in [2.45, 2.75) is 18.6 Å². The standard InChI is InChI=1S/C23H20ClN3OS/c1-16-18(24)10-7-12-19(16)25-22(28)15-29-23-26-20-11-5-6-13-21(20)27(23)14-17-8-3-2-4-9-17/h2-13H,14-15H2,1H3,(H,25,28)/p+1. The van der Waals surface area contributed by atoms with Gasteiger partial charge in [-0.05, 0) is 54.1 Å². The van der Waals surface area contributed by atoms with Crippen LogP contribution in [0.3, 0.4) is 0 Å². The smallest absolute Gasteiger partial charge is 0.317 e. The summed E-state index contributed by atoms with van der Waals surface area (Å²) < 4.78 is 2.22. The second kappa shape index (κ2) is 8.72. The lowest BCUT2D eigenvalue weighted by atomic mass is 10.2. The topological polar surface area (TPSA) is 48.8 Å². The van der Waals surface area contributed by atoms with E-state index in [2.05, 4.69) is 39.1 Å². The average Bonchev–Trinajstić information content (AvgIpc) is 3.08. The molecule has 0 saturated carbocycles. The van der Waals surface area contributed by atoms with Crippen LogP contribution in [0.25, 0.3) is 11.0 Å². The molecule has 29 heavy (non-hydrogen) atoms. The van der Waals surface area contributed by atoms with E-state index in [9.17, 15) is 4.79 Å². The van der Waals surface area contributed by atoms with Gasteiger partial charge in [0.15, 0.2) is 11.0 Å². The number of hydrogen-bond acceptors (Lipinski definition) is 2. The van der Waals surface area contributed by atoms with Gasteiger partial charge >= 0.3 is 5.16 Å². The lowest BCUT2D eigenvalue weighted by Crippen LogP contribution is -2.35. The lowest BCUT2D eigenvalue weighted by molar-refractivity contribution is -0.700. The first kappa shape index (κ1) is 19.6. The summed E-state index contributed by atoms with van der Waals surface area (Å²) in [5.41, 5.74) is 5.00. The Labute approximate surface area is 178 Å². The number of anilines is 1. The van der Waals surface area contributed by atoms with Crippen LogP contribution in [0.4, 0.5) is 5.69 Å². The molecule has 2 N–H and O–H groups in total. The third-order valence-electron chi connectivity index (χ3n) is 4.75. The number of aromatic nitrogens is 2. The number of thioether (sulfide) groups is 1.